The van der Waals surface area contributed by atoms with Crippen molar-refractivity contribution in [3.8, 4) is 11.1 Å². The molecule has 0 atom stereocenters. The van der Waals surface area contributed by atoms with E-state index in [-0.39, 0.29) is 24.8 Å². The summed E-state index contributed by atoms with van der Waals surface area (Å²) in [5, 5.41) is 0. The Kier molecular flexibility index (Phi) is 11.8. The van der Waals surface area contributed by atoms with Crippen molar-refractivity contribution in [3.05, 3.63) is 126 Å². The summed E-state index contributed by atoms with van der Waals surface area (Å²) in [5.41, 5.74) is 6.84. The summed E-state index contributed by atoms with van der Waals surface area (Å²) in [6.07, 6.45) is 1.05. The topological polar surface area (TPSA) is 0 Å². The summed E-state index contributed by atoms with van der Waals surface area (Å²) in [6, 6.07) is 38.5. The average molecular weight is 483 g/mol. The second kappa shape index (κ2) is 13.5. The van der Waals surface area contributed by atoms with E-state index >= 15 is 0 Å². The van der Waals surface area contributed by atoms with Gasteiger partial charge < -0.3 is 24.8 Å². The second-order valence-corrected chi connectivity index (χ2v) is 6.62. The Balaban J connectivity index is 0.000000226. The van der Waals surface area contributed by atoms with Gasteiger partial charge in [-0.1, -0.05) is 35.4 Å². The molecule has 0 unspecified atom stereocenters. The molecular weight excluding hydrogens is 462 g/mol. The predicted octanol–water partition coefficient (Wildman–Crippen LogP) is -0.145. The summed E-state index contributed by atoms with van der Waals surface area (Å²) in [4.78, 5) is 0. The fraction of sp³-hybridized carbons (Fsp3) is 0.0400. The SMILES string of the molecule is [Cl-].[Cl-].[Zr+2]=[CH]c1ccccc1.[c-]1cccc2c1Cc1ccccc1-2.c1cc[cH-]c1. The molecule has 0 amide bonds. The van der Waals surface area contributed by atoms with Gasteiger partial charge in [0.1, 0.15) is 0 Å². The molecule has 1 aliphatic carbocycles. The van der Waals surface area contributed by atoms with Crippen LogP contribution in [-0.2, 0) is 30.7 Å². The van der Waals surface area contributed by atoms with Crippen LogP contribution in [0.1, 0.15) is 16.7 Å². The van der Waals surface area contributed by atoms with Crippen LogP contribution in [0.15, 0.2) is 103 Å². The van der Waals surface area contributed by atoms with E-state index in [0.29, 0.717) is 0 Å². The Morgan fingerprint density at radius 2 is 1.39 bits per heavy atom. The quantitative estimate of drug-likeness (QED) is 0.292. The number of fused-ring (bicyclic) bond motifs is 3. The van der Waals surface area contributed by atoms with Gasteiger partial charge in [0.15, 0.2) is 0 Å². The monoisotopic (exact) mass is 480 g/mol. The zero-order chi connectivity index (χ0) is 18.0. The largest absolute Gasteiger partial charge is 0.214 e. The van der Waals surface area contributed by atoms with E-state index in [9.17, 15) is 0 Å². The normalized spacial score (nSPS) is 9.64. The first-order valence-electron chi connectivity index (χ1n) is 8.68. The first-order valence-corrected chi connectivity index (χ1v) is 10.1. The zero-order valence-corrected chi connectivity index (χ0v) is 19.3. The third-order valence-corrected chi connectivity index (χ3v) is 4.96. The van der Waals surface area contributed by atoms with Crippen LogP contribution in [0.2, 0.25) is 0 Å². The smallest absolute Gasteiger partial charge is 0.0253 e. The Morgan fingerprint density at radius 1 is 0.750 bits per heavy atom. The molecule has 0 aromatic heterocycles. The second-order valence-electron chi connectivity index (χ2n) is 5.91. The van der Waals surface area contributed by atoms with Crippen LogP contribution in [0.5, 0.6) is 0 Å². The third kappa shape index (κ3) is 7.06. The van der Waals surface area contributed by atoms with Gasteiger partial charge in [-0.25, -0.2) is 12.1 Å². The zero-order valence-electron chi connectivity index (χ0n) is 15.4. The van der Waals surface area contributed by atoms with Gasteiger partial charge in [0.2, 0.25) is 0 Å². The fourth-order valence-corrected chi connectivity index (χ4v) is 3.34. The van der Waals surface area contributed by atoms with E-state index in [2.05, 4.69) is 70.4 Å². The van der Waals surface area contributed by atoms with Crippen molar-refractivity contribution in [2.45, 2.75) is 6.42 Å². The van der Waals surface area contributed by atoms with Gasteiger partial charge in [-0.3, -0.25) is 0 Å². The van der Waals surface area contributed by atoms with E-state index in [4.69, 9.17) is 0 Å². The Hall–Kier alpha value is -1.66. The van der Waals surface area contributed by atoms with Crippen LogP contribution in [-0.4, -0.2) is 3.71 Å². The van der Waals surface area contributed by atoms with Gasteiger partial charge in [0.05, 0.1) is 0 Å². The third-order valence-electron chi connectivity index (χ3n) is 4.14. The molecule has 4 aromatic carbocycles. The number of rotatable bonds is 1. The maximum Gasteiger partial charge on any atom is -0.0253 e. The molecule has 0 heterocycles. The van der Waals surface area contributed by atoms with Gasteiger partial charge >= 0.3 is 63.8 Å². The van der Waals surface area contributed by atoms with Crippen molar-refractivity contribution < 1.29 is 49.0 Å². The van der Waals surface area contributed by atoms with Crippen LogP contribution in [0, 0.1) is 6.07 Å². The number of halogens is 2. The van der Waals surface area contributed by atoms with Gasteiger partial charge in [-0.2, -0.15) is 48.0 Å². The van der Waals surface area contributed by atoms with Crippen molar-refractivity contribution >= 4 is 3.71 Å². The van der Waals surface area contributed by atoms with Crippen molar-refractivity contribution in [2.24, 2.45) is 0 Å². The van der Waals surface area contributed by atoms with Crippen molar-refractivity contribution in [1.82, 2.24) is 0 Å². The van der Waals surface area contributed by atoms with Gasteiger partial charge in [-0.15, -0.1) is 5.56 Å². The van der Waals surface area contributed by atoms with Crippen LogP contribution in [0.4, 0.5) is 0 Å². The van der Waals surface area contributed by atoms with Crippen molar-refractivity contribution in [3.63, 3.8) is 0 Å². The maximum atomic E-state index is 3.30. The van der Waals surface area contributed by atoms with Gasteiger partial charge in [0, 0.05) is 0 Å². The van der Waals surface area contributed by atoms with Crippen molar-refractivity contribution in [1.29, 1.82) is 0 Å². The minimum Gasteiger partial charge on any atom is -0.214 e. The van der Waals surface area contributed by atoms with E-state index in [1.807, 2.05) is 42.5 Å². The molecular formula is C25H20Cl2Zr-2. The molecule has 0 aliphatic heterocycles. The molecule has 0 N–H and O–H groups in total. The standard InChI is InChI=1S/C13H9.C7H6.C5H5.2ClH.Zr/c1-3-7-12-10(5-1)9-11-6-2-4-8-13(11)12;1-7-5-3-2-4-6-7;1-2-4-5-3-1;;;/h1-5,7-8H,9H2;1-6H;1-5H;2*1H;/q-1;;-1;;;+2/p-2. The fourth-order valence-electron chi connectivity index (χ4n) is 2.87. The summed E-state index contributed by atoms with van der Waals surface area (Å²) < 4.78 is 2.17. The predicted molar refractivity (Wildman–Crippen MR) is 107 cm³/mol. The molecule has 0 saturated heterocycles. The summed E-state index contributed by atoms with van der Waals surface area (Å²) in [5.74, 6) is 0. The molecule has 5 rings (SSSR count). The Labute approximate surface area is 195 Å². The molecule has 3 heteroatoms. The minimum atomic E-state index is 0. The number of hydrogen-bond donors (Lipinski definition) is 0. The molecule has 0 fully saturated rings. The Morgan fingerprint density at radius 3 is 2.00 bits per heavy atom. The minimum absolute atomic E-state index is 0. The molecule has 0 spiro atoms. The van der Waals surface area contributed by atoms with Crippen LogP contribution < -0.4 is 24.8 Å². The molecule has 4 aromatic rings. The van der Waals surface area contributed by atoms with E-state index < -0.39 is 0 Å². The molecule has 0 bridgehead atoms. The molecule has 140 valence electrons. The van der Waals surface area contributed by atoms with E-state index in [1.54, 1.807) is 0 Å². The van der Waals surface area contributed by atoms with Crippen LogP contribution >= 0.6 is 0 Å². The van der Waals surface area contributed by atoms with E-state index in [1.165, 1.54) is 52.1 Å². The Bertz CT molecular complexity index is 871. The number of benzene rings is 3. The van der Waals surface area contributed by atoms with Crippen LogP contribution in [0.3, 0.4) is 0 Å². The molecule has 1 aliphatic rings. The molecule has 0 nitrogen and oxygen atoms in total. The summed E-state index contributed by atoms with van der Waals surface area (Å²) in [7, 11) is 0. The summed E-state index contributed by atoms with van der Waals surface area (Å²) in [6.45, 7) is 0. The summed E-state index contributed by atoms with van der Waals surface area (Å²) >= 11 is 1.46. The molecule has 28 heavy (non-hydrogen) atoms. The van der Waals surface area contributed by atoms with Gasteiger partial charge in [0.25, 0.3) is 0 Å². The van der Waals surface area contributed by atoms with Crippen LogP contribution in [0.25, 0.3) is 11.1 Å². The molecule has 0 radical (unpaired) electrons. The molecule has 0 saturated carbocycles. The van der Waals surface area contributed by atoms with E-state index in [0.717, 1.165) is 6.42 Å². The number of hydrogen-bond acceptors (Lipinski definition) is 0. The average Bonchev–Trinajstić information content (AvgIpc) is 3.40. The maximum absolute atomic E-state index is 3.30. The van der Waals surface area contributed by atoms with Gasteiger partial charge in [-0.05, 0) is 6.42 Å². The first-order chi connectivity index (χ1) is 12.9. The first kappa shape index (κ1) is 24.4. The van der Waals surface area contributed by atoms with Crippen molar-refractivity contribution in [2.75, 3.05) is 0 Å².